The van der Waals surface area contributed by atoms with E-state index >= 15 is 0 Å². The minimum atomic E-state index is -1.13. The van der Waals surface area contributed by atoms with E-state index in [9.17, 15) is 9.59 Å². The number of phenols is 1. The van der Waals surface area contributed by atoms with Gasteiger partial charge in [-0.05, 0) is 29.8 Å². The molecule has 100 valence electrons. The molecule has 0 unspecified atom stereocenters. The third-order valence-corrected chi connectivity index (χ3v) is 2.74. The van der Waals surface area contributed by atoms with E-state index in [0.29, 0.717) is 0 Å². The number of allylic oxidation sites excluding steroid dienone is 1. The van der Waals surface area contributed by atoms with Crippen molar-refractivity contribution in [2.24, 2.45) is 0 Å². The molecule has 2 N–H and O–H groups in total. The lowest BCUT2D eigenvalue weighted by atomic mass is 10.0. The number of hydrogen-bond donors (Lipinski definition) is 2. The second-order valence-corrected chi connectivity index (χ2v) is 4.14. The number of carboxylic acid groups (broad SMARTS) is 1. The van der Waals surface area contributed by atoms with Gasteiger partial charge >= 0.3 is 5.97 Å². The number of carbonyl (C=O) groups is 2. The molecule has 0 aromatic heterocycles. The maximum absolute atomic E-state index is 12.0. The summed E-state index contributed by atoms with van der Waals surface area (Å²) in [6, 6.07) is 12.4. The molecule has 0 aliphatic carbocycles. The van der Waals surface area contributed by atoms with Crippen LogP contribution in [0.2, 0.25) is 0 Å². The Balaban J connectivity index is 2.24. The van der Waals surface area contributed by atoms with Crippen LogP contribution in [0.3, 0.4) is 0 Å². The number of rotatable bonds is 4. The van der Waals surface area contributed by atoms with E-state index in [1.165, 1.54) is 30.3 Å². The molecule has 0 fully saturated rings. The Kier molecular flexibility index (Phi) is 3.96. The predicted molar refractivity (Wildman–Crippen MR) is 74.9 cm³/mol. The average molecular weight is 268 g/mol. The number of phenolic OH excluding ortho intramolecular Hbond substituents is 1. The van der Waals surface area contributed by atoms with Gasteiger partial charge in [0.2, 0.25) is 0 Å². The Morgan fingerprint density at radius 1 is 0.900 bits per heavy atom. The Morgan fingerprint density at radius 3 is 2.10 bits per heavy atom. The van der Waals surface area contributed by atoms with Crippen molar-refractivity contribution < 1.29 is 19.8 Å². The smallest absolute Gasteiger partial charge is 0.336 e. The van der Waals surface area contributed by atoms with Crippen molar-refractivity contribution in [2.45, 2.75) is 0 Å². The molecule has 2 rings (SSSR count). The van der Waals surface area contributed by atoms with Crippen LogP contribution >= 0.6 is 0 Å². The third kappa shape index (κ3) is 3.11. The fourth-order valence-electron chi connectivity index (χ4n) is 1.73. The SMILES string of the molecule is O=C(O)c1ccccc1C(=O)/C=C/c1ccc(O)cc1. The van der Waals surface area contributed by atoms with E-state index in [-0.39, 0.29) is 22.7 Å². The van der Waals surface area contributed by atoms with Crippen LogP contribution in [-0.4, -0.2) is 22.0 Å². The van der Waals surface area contributed by atoms with Crippen molar-refractivity contribution in [3.63, 3.8) is 0 Å². The van der Waals surface area contributed by atoms with Crippen molar-refractivity contribution >= 4 is 17.8 Å². The van der Waals surface area contributed by atoms with Crippen LogP contribution in [0, 0.1) is 0 Å². The molecule has 0 aliphatic rings. The van der Waals surface area contributed by atoms with Gasteiger partial charge in [-0.3, -0.25) is 4.79 Å². The minimum Gasteiger partial charge on any atom is -0.508 e. The molecule has 0 spiro atoms. The molecule has 0 atom stereocenters. The molecule has 0 aliphatic heterocycles. The van der Waals surface area contributed by atoms with Crippen molar-refractivity contribution in [1.29, 1.82) is 0 Å². The number of carboxylic acids is 1. The molecule has 0 saturated heterocycles. The van der Waals surface area contributed by atoms with Crippen molar-refractivity contribution in [3.05, 3.63) is 71.3 Å². The number of aromatic hydroxyl groups is 1. The van der Waals surface area contributed by atoms with Gasteiger partial charge in [-0.1, -0.05) is 36.4 Å². The Hall–Kier alpha value is -2.88. The van der Waals surface area contributed by atoms with Gasteiger partial charge < -0.3 is 10.2 Å². The van der Waals surface area contributed by atoms with Crippen LogP contribution in [0.25, 0.3) is 6.08 Å². The number of carbonyl (C=O) groups excluding carboxylic acids is 1. The van der Waals surface area contributed by atoms with Gasteiger partial charge in [-0.2, -0.15) is 0 Å². The van der Waals surface area contributed by atoms with Crippen LogP contribution in [0.5, 0.6) is 5.75 Å². The van der Waals surface area contributed by atoms with Crippen LogP contribution in [0.1, 0.15) is 26.3 Å². The summed E-state index contributed by atoms with van der Waals surface area (Å²) in [6.07, 6.45) is 2.88. The monoisotopic (exact) mass is 268 g/mol. The highest BCUT2D eigenvalue weighted by Gasteiger charge is 2.13. The zero-order valence-electron chi connectivity index (χ0n) is 10.5. The van der Waals surface area contributed by atoms with E-state index < -0.39 is 5.97 Å². The van der Waals surface area contributed by atoms with Gasteiger partial charge in [0, 0.05) is 5.56 Å². The molecule has 4 nitrogen and oxygen atoms in total. The molecule has 0 bridgehead atoms. The number of aromatic carboxylic acids is 1. The highest BCUT2D eigenvalue weighted by Crippen LogP contribution is 2.13. The van der Waals surface area contributed by atoms with E-state index in [0.717, 1.165) is 5.56 Å². The summed E-state index contributed by atoms with van der Waals surface area (Å²) in [7, 11) is 0. The predicted octanol–water partition coefficient (Wildman–Crippen LogP) is 2.99. The Morgan fingerprint density at radius 2 is 1.50 bits per heavy atom. The fourth-order valence-corrected chi connectivity index (χ4v) is 1.73. The lowest BCUT2D eigenvalue weighted by molar-refractivity contribution is 0.0693. The summed E-state index contributed by atoms with van der Waals surface area (Å²) in [5.41, 5.74) is 0.867. The average Bonchev–Trinajstić information content (AvgIpc) is 2.46. The van der Waals surface area contributed by atoms with Crippen LogP contribution in [0.4, 0.5) is 0 Å². The topological polar surface area (TPSA) is 74.6 Å². The maximum atomic E-state index is 12.0. The third-order valence-electron chi connectivity index (χ3n) is 2.74. The minimum absolute atomic E-state index is 0.0205. The Labute approximate surface area is 115 Å². The largest absolute Gasteiger partial charge is 0.508 e. The molecule has 0 heterocycles. The summed E-state index contributed by atoms with van der Waals surface area (Å²) < 4.78 is 0. The van der Waals surface area contributed by atoms with Gasteiger partial charge in [-0.15, -0.1) is 0 Å². The second kappa shape index (κ2) is 5.84. The molecule has 0 radical (unpaired) electrons. The van der Waals surface area contributed by atoms with Crippen LogP contribution < -0.4 is 0 Å². The lowest BCUT2D eigenvalue weighted by Gasteiger charge is -2.01. The zero-order chi connectivity index (χ0) is 14.5. The van der Waals surface area contributed by atoms with E-state index in [4.69, 9.17) is 10.2 Å². The first-order chi connectivity index (χ1) is 9.58. The van der Waals surface area contributed by atoms with E-state index in [1.54, 1.807) is 30.3 Å². The van der Waals surface area contributed by atoms with Gasteiger partial charge in [-0.25, -0.2) is 4.79 Å². The van der Waals surface area contributed by atoms with Gasteiger partial charge in [0.1, 0.15) is 5.75 Å². The molecular weight excluding hydrogens is 256 g/mol. The maximum Gasteiger partial charge on any atom is 0.336 e. The van der Waals surface area contributed by atoms with Gasteiger partial charge in [0.15, 0.2) is 5.78 Å². The molecule has 20 heavy (non-hydrogen) atoms. The number of hydrogen-bond acceptors (Lipinski definition) is 3. The molecule has 4 heteroatoms. The number of ketones is 1. The van der Waals surface area contributed by atoms with Crippen LogP contribution in [-0.2, 0) is 0 Å². The van der Waals surface area contributed by atoms with Crippen molar-refractivity contribution in [3.8, 4) is 5.75 Å². The molecular formula is C16H12O4. The zero-order valence-corrected chi connectivity index (χ0v) is 10.5. The summed E-state index contributed by atoms with van der Waals surface area (Å²) in [5, 5.41) is 18.2. The second-order valence-electron chi connectivity index (χ2n) is 4.14. The van der Waals surface area contributed by atoms with E-state index in [1.807, 2.05) is 0 Å². The summed E-state index contributed by atoms with van der Waals surface area (Å²) >= 11 is 0. The first-order valence-electron chi connectivity index (χ1n) is 5.91. The van der Waals surface area contributed by atoms with Crippen molar-refractivity contribution in [1.82, 2.24) is 0 Å². The molecule has 2 aromatic rings. The highest BCUT2D eigenvalue weighted by molar-refractivity contribution is 6.12. The normalized spacial score (nSPS) is 10.6. The van der Waals surface area contributed by atoms with E-state index in [2.05, 4.69) is 0 Å². The Bertz CT molecular complexity index is 669. The molecule has 0 saturated carbocycles. The van der Waals surface area contributed by atoms with Gasteiger partial charge in [0.25, 0.3) is 0 Å². The fraction of sp³-hybridized carbons (Fsp3) is 0. The van der Waals surface area contributed by atoms with Crippen molar-refractivity contribution in [2.75, 3.05) is 0 Å². The first-order valence-corrected chi connectivity index (χ1v) is 5.91. The first kappa shape index (κ1) is 13.5. The molecule has 2 aromatic carbocycles. The summed E-state index contributed by atoms with van der Waals surface area (Å²) in [6.45, 7) is 0. The van der Waals surface area contributed by atoms with Gasteiger partial charge in [0.05, 0.1) is 5.56 Å². The number of benzene rings is 2. The quantitative estimate of drug-likeness (QED) is 0.660. The summed E-state index contributed by atoms with van der Waals surface area (Å²) in [5.74, 6) is -1.37. The molecule has 0 amide bonds. The summed E-state index contributed by atoms with van der Waals surface area (Å²) in [4.78, 5) is 23.0. The highest BCUT2D eigenvalue weighted by atomic mass is 16.4. The van der Waals surface area contributed by atoms with Crippen LogP contribution in [0.15, 0.2) is 54.6 Å². The lowest BCUT2D eigenvalue weighted by Crippen LogP contribution is -2.06. The standard InChI is InChI=1S/C16H12O4/c17-12-8-5-11(6-9-12)7-10-15(18)13-3-1-2-4-14(13)16(19)20/h1-10,17H,(H,19,20)/b10-7+.